The number of carbonyl (C=O) groups is 2. The number of nitrogens with zero attached hydrogens (tertiary/aromatic N) is 3. The van der Waals surface area contributed by atoms with Gasteiger partial charge < -0.3 is 25.0 Å². The van der Waals surface area contributed by atoms with Crippen LogP contribution in [0.1, 0.15) is 45.6 Å². The van der Waals surface area contributed by atoms with Crippen LogP contribution in [0.25, 0.3) is 0 Å². The normalized spacial score (nSPS) is 22.3. The Morgan fingerprint density at radius 3 is 2.49 bits per heavy atom. The number of hydrogen-bond acceptors (Lipinski definition) is 7. The lowest BCUT2D eigenvalue weighted by Crippen LogP contribution is -2.52. The predicted octanol–water partition coefficient (Wildman–Crippen LogP) is 2.43. The van der Waals surface area contributed by atoms with E-state index in [9.17, 15) is 38.1 Å². The molecule has 2 heterocycles. The maximum Gasteiger partial charge on any atom is 0.475 e. The summed E-state index contributed by atoms with van der Waals surface area (Å²) in [6.45, 7) is 4.82. The van der Waals surface area contributed by atoms with Crippen molar-refractivity contribution in [1.29, 1.82) is 5.26 Å². The summed E-state index contributed by atoms with van der Waals surface area (Å²) >= 11 is 0. The number of hydrogen-bond donors (Lipinski definition) is 3. The number of nitrogens with one attached hydrogen (secondary N) is 1. The van der Waals surface area contributed by atoms with Gasteiger partial charge in [-0.2, -0.15) is 5.26 Å². The predicted molar refractivity (Wildman–Crippen MR) is 137 cm³/mol. The number of nitriles is 1. The molecule has 2 aliphatic rings. The second-order valence-corrected chi connectivity index (χ2v) is 11.0. The van der Waals surface area contributed by atoms with Gasteiger partial charge >= 0.3 is 13.2 Å². The van der Waals surface area contributed by atoms with Gasteiger partial charge in [-0.05, 0) is 63.8 Å². The zero-order chi connectivity index (χ0) is 29.0. The van der Waals surface area contributed by atoms with Crippen LogP contribution >= 0.6 is 0 Å². The Morgan fingerprint density at radius 1 is 1.26 bits per heavy atom. The molecule has 0 unspecified atom stereocenters. The van der Waals surface area contributed by atoms with Crippen LogP contribution < -0.4 is 5.32 Å². The highest BCUT2D eigenvalue weighted by Gasteiger charge is 2.45. The number of amides is 2. The number of likely N-dealkylation sites (tertiary alicyclic amines) is 2. The fourth-order valence-electron chi connectivity index (χ4n) is 5.00. The van der Waals surface area contributed by atoms with E-state index in [1.165, 1.54) is 40.1 Å². The van der Waals surface area contributed by atoms with Gasteiger partial charge in [0.2, 0.25) is 0 Å². The molecule has 39 heavy (non-hydrogen) atoms. The average Bonchev–Trinajstić information content (AvgIpc) is 3.44. The second-order valence-electron chi connectivity index (χ2n) is 11.0. The third kappa shape index (κ3) is 7.74. The van der Waals surface area contributed by atoms with Gasteiger partial charge in [0, 0.05) is 25.0 Å². The van der Waals surface area contributed by atoms with Gasteiger partial charge in [-0.15, -0.1) is 0 Å². The molecule has 3 rings (SSSR count). The number of benzene rings is 1. The molecule has 2 fully saturated rings. The van der Waals surface area contributed by atoms with Crippen molar-refractivity contribution in [1.82, 2.24) is 15.1 Å². The molecule has 212 valence electrons. The first kappa shape index (κ1) is 30.5. The molecule has 1 aromatic rings. The summed E-state index contributed by atoms with van der Waals surface area (Å²) in [5.41, 5.74) is -1.53. The molecular formula is C26H34BF3N4O5. The van der Waals surface area contributed by atoms with Crippen LogP contribution in [-0.4, -0.2) is 88.1 Å². The molecule has 3 N–H and O–H groups in total. The highest BCUT2D eigenvalue weighted by atomic mass is 19.3. The Kier molecular flexibility index (Phi) is 9.36. The standard InChI is InChI=1S/C26H34BF3N4O5/c1-24(2,33-12-10-26(29,30)16-33)14-19(15-31)22(35)34-11-4-9-25(34,3)17-39-23(36)32-21(27(37)38)13-18-5-7-20(28)8-6-18/h5-8,14,21,37-38H,4,9-13,16-17H2,1-3H3,(H,32,36)/t21-,25+/m0/s1. The van der Waals surface area contributed by atoms with Crippen LogP contribution in [0.3, 0.4) is 0 Å². The minimum absolute atomic E-state index is 0.00395. The molecule has 1 aromatic carbocycles. The smallest absolute Gasteiger partial charge is 0.447 e. The first-order valence-electron chi connectivity index (χ1n) is 12.8. The highest BCUT2D eigenvalue weighted by molar-refractivity contribution is 6.43. The molecule has 0 bridgehead atoms. The van der Waals surface area contributed by atoms with E-state index >= 15 is 0 Å². The van der Waals surface area contributed by atoms with E-state index in [-0.39, 0.29) is 31.6 Å². The fraction of sp³-hybridized carbons (Fsp3) is 0.577. The number of halogens is 3. The lowest BCUT2D eigenvalue weighted by atomic mass is 9.76. The van der Waals surface area contributed by atoms with Gasteiger partial charge in [-0.3, -0.25) is 9.69 Å². The van der Waals surface area contributed by atoms with Crippen LogP contribution in [-0.2, 0) is 16.0 Å². The Hall–Kier alpha value is -3.08. The summed E-state index contributed by atoms with van der Waals surface area (Å²) in [5, 5.41) is 31.5. The maximum atomic E-state index is 13.8. The van der Waals surface area contributed by atoms with E-state index in [4.69, 9.17) is 4.74 Å². The van der Waals surface area contributed by atoms with E-state index in [1.807, 2.05) is 6.07 Å². The molecule has 2 aliphatic heterocycles. The van der Waals surface area contributed by atoms with Crippen molar-refractivity contribution < 1.29 is 37.5 Å². The van der Waals surface area contributed by atoms with Gasteiger partial charge in [0.15, 0.2) is 0 Å². The minimum atomic E-state index is -2.82. The molecule has 2 atom stereocenters. The van der Waals surface area contributed by atoms with Crippen molar-refractivity contribution in [2.75, 3.05) is 26.2 Å². The van der Waals surface area contributed by atoms with Gasteiger partial charge in [0.05, 0.1) is 18.0 Å². The molecule has 9 nitrogen and oxygen atoms in total. The molecule has 0 aromatic heterocycles. The first-order valence-corrected chi connectivity index (χ1v) is 12.8. The summed E-state index contributed by atoms with van der Waals surface area (Å²) in [6, 6.07) is 7.24. The van der Waals surface area contributed by atoms with E-state index in [0.717, 1.165) is 0 Å². The minimum Gasteiger partial charge on any atom is -0.447 e. The number of rotatable bonds is 9. The molecule has 2 amide bonds. The van der Waals surface area contributed by atoms with Crippen molar-refractivity contribution in [2.24, 2.45) is 0 Å². The molecule has 0 radical (unpaired) electrons. The number of carbonyl (C=O) groups excluding carboxylic acids is 2. The zero-order valence-electron chi connectivity index (χ0n) is 22.3. The SMILES string of the molecule is CC(C)(C=C(C#N)C(=O)N1CCC[C@]1(C)COC(=O)N[C@@H](Cc1ccc(F)cc1)B(O)O)N1CCC(F)(F)C1. The van der Waals surface area contributed by atoms with Gasteiger partial charge in [0.25, 0.3) is 11.8 Å². The Labute approximate surface area is 226 Å². The van der Waals surface area contributed by atoms with E-state index in [2.05, 4.69) is 5.32 Å². The fourth-order valence-corrected chi connectivity index (χ4v) is 5.00. The van der Waals surface area contributed by atoms with Crippen LogP contribution in [0, 0.1) is 17.1 Å². The number of alkyl carbamates (subject to hydrolysis) is 1. The van der Waals surface area contributed by atoms with Gasteiger partial charge in [0.1, 0.15) is 24.1 Å². The first-order chi connectivity index (χ1) is 18.2. The molecule has 0 saturated carbocycles. The third-order valence-corrected chi connectivity index (χ3v) is 7.37. The van der Waals surface area contributed by atoms with E-state index < -0.39 is 54.4 Å². The third-order valence-electron chi connectivity index (χ3n) is 7.37. The van der Waals surface area contributed by atoms with Crippen LogP contribution in [0.5, 0.6) is 0 Å². The molecule has 13 heteroatoms. The summed E-state index contributed by atoms with van der Waals surface area (Å²) in [6.07, 6.45) is 1.25. The van der Waals surface area contributed by atoms with E-state index in [1.54, 1.807) is 20.8 Å². The van der Waals surface area contributed by atoms with Crippen molar-refractivity contribution in [3.8, 4) is 6.07 Å². The van der Waals surface area contributed by atoms with E-state index in [0.29, 0.717) is 24.9 Å². The second kappa shape index (κ2) is 12.0. The topological polar surface area (TPSA) is 126 Å². The lowest BCUT2D eigenvalue weighted by molar-refractivity contribution is -0.131. The molecular weight excluding hydrogens is 516 g/mol. The molecule has 0 spiro atoms. The summed E-state index contributed by atoms with van der Waals surface area (Å²) < 4.78 is 46.0. The van der Waals surface area contributed by atoms with Crippen molar-refractivity contribution in [2.45, 2.75) is 69.4 Å². The number of alkyl halides is 2. The van der Waals surface area contributed by atoms with Crippen LogP contribution in [0.15, 0.2) is 35.9 Å². The largest absolute Gasteiger partial charge is 0.475 e. The van der Waals surface area contributed by atoms with Crippen LogP contribution in [0.4, 0.5) is 18.0 Å². The highest BCUT2D eigenvalue weighted by Crippen LogP contribution is 2.34. The zero-order valence-corrected chi connectivity index (χ0v) is 22.3. The summed E-state index contributed by atoms with van der Waals surface area (Å²) in [7, 11) is -1.91. The van der Waals surface area contributed by atoms with Crippen molar-refractivity contribution in [3.05, 3.63) is 47.3 Å². The average molecular weight is 550 g/mol. The lowest BCUT2D eigenvalue weighted by Gasteiger charge is -2.36. The van der Waals surface area contributed by atoms with Crippen LogP contribution in [0.2, 0.25) is 0 Å². The van der Waals surface area contributed by atoms with Crippen molar-refractivity contribution in [3.63, 3.8) is 0 Å². The Morgan fingerprint density at radius 2 is 1.92 bits per heavy atom. The Balaban J connectivity index is 1.65. The molecule has 2 saturated heterocycles. The summed E-state index contributed by atoms with van der Waals surface area (Å²) in [4.78, 5) is 28.9. The monoisotopic (exact) mass is 550 g/mol. The van der Waals surface area contributed by atoms with Gasteiger partial charge in [-0.25, -0.2) is 18.0 Å². The van der Waals surface area contributed by atoms with Crippen molar-refractivity contribution >= 4 is 19.1 Å². The molecule has 0 aliphatic carbocycles. The maximum absolute atomic E-state index is 13.8. The number of ether oxygens (including phenoxy) is 1. The quantitative estimate of drug-likeness (QED) is 0.245. The van der Waals surface area contributed by atoms with Gasteiger partial charge in [-0.1, -0.05) is 12.1 Å². The Bertz CT molecular complexity index is 1130. The summed E-state index contributed by atoms with van der Waals surface area (Å²) in [5.74, 6) is -4.99.